The van der Waals surface area contributed by atoms with Gasteiger partial charge in [0.2, 0.25) is 11.8 Å². The van der Waals surface area contributed by atoms with Crippen molar-refractivity contribution in [3.8, 4) is 0 Å². The van der Waals surface area contributed by atoms with E-state index in [4.69, 9.17) is 11.6 Å². The van der Waals surface area contributed by atoms with Crippen LogP contribution in [0.2, 0.25) is 5.02 Å². The number of thioether (sulfide) groups is 1. The van der Waals surface area contributed by atoms with Crippen LogP contribution in [0.1, 0.15) is 31.4 Å². The van der Waals surface area contributed by atoms with E-state index in [9.17, 15) is 14.0 Å². The van der Waals surface area contributed by atoms with Crippen LogP contribution in [0.4, 0.5) is 4.39 Å². The number of rotatable bonds is 11. The lowest BCUT2D eigenvalue weighted by atomic mass is 10.0. The molecule has 0 radical (unpaired) electrons. The van der Waals surface area contributed by atoms with Crippen molar-refractivity contribution in [1.29, 1.82) is 0 Å². The summed E-state index contributed by atoms with van der Waals surface area (Å²) in [5, 5.41) is 3.67. The van der Waals surface area contributed by atoms with Crippen LogP contribution in [0.5, 0.6) is 0 Å². The van der Waals surface area contributed by atoms with Crippen LogP contribution in [0.3, 0.4) is 0 Å². The fourth-order valence-electron chi connectivity index (χ4n) is 3.54. The number of carbonyl (C=O) groups excluding carboxylic acids is 2. The van der Waals surface area contributed by atoms with E-state index < -0.39 is 6.04 Å². The Labute approximate surface area is 215 Å². The van der Waals surface area contributed by atoms with Crippen molar-refractivity contribution in [1.82, 2.24) is 10.2 Å². The first-order chi connectivity index (χ1) is 16.9. The molecule has 0 spiro atoms. The van der Waals surface area contributed by atoms with E-state index in [-0.39, 0.29) is 36.0 Å². The average Bonchev–Trinajstić information content (AvgIpc) is 2.87. The molecule has 1 N–H and O–H groups in total. The third-order valence-electron chi connectivity index (χ3n) is 5.71. The lowest BCUT2D eigenvalue weighted by molar-refractivity contribution is -0.139. The monoisotopic (exact) mass is 512 g/mol. The quantitative estimate of drug-likeness (QED) is 0.314. The van der Waals surface area contributed by atoms with Gasteiger partial charge < -0.3 is 10.2 Å². The molecule has 0 saturated heterocycles. The highest BCUT2D eigenvalue weighted by Crippen LogP contribution is 2.23. The maximum atomic E-state index is 13.6. The predicted molar refractivity (Wildman–Crippen MR) is 141 cm³/mol. The van der Waals surface area contributed by atoms with E-state index in [0.717, 1.165) is 22.4 Å². The number of benzene rings is 3. The topological polar surface area (TPSA) is 49.4 Å². The van der Waals surface area contributed by atoms with Gasteiger partial charge in [-0.2, -0.15) is 0 Å². The van der Waals surface area contributed by atoms with Gasteiger partial charge in [0, 0.05) is 28.9 Å². The molecule has 3 rings (SSSR count). The molecule has 7 heteroatoms. The second-order valence-corrected chi connectivity index (χ2v) is 9.90. The van der Waals surface area contributed by atoms with E-state index in [1.54, 1.807) is 29.2 Å². The number of nitrogens with one attached hydrogen (secondary N) is 1. The Kier molecular flexibility index (Phi) is 10.2. The molecule has 2 amide bonds. The molecule has 0 fully saturated rings. The zero-order chi connectivity index (χ0) is 25.2. The van der Waals surface area contributed by atoms with Gasteiger partial charge in [0.25, 0.3) is 0 Å². The lowest BCUT2D eigenvalue weighted by Gasteiger charge is -2.32. The summed E-state index contributed by atoms with van der Waals surface area (Å²) < 4.78 is 13.5. The first-order valence-electron chi connectivity index (χ1n) is 11.6. The van der Waals surface area contributed by atoms with Crippen LogP contribution in [0.15, 0.2) is 83.8 Å². The highest BCUT2D eigenvalue weighted by Gasteiger charge is 2.31. The third-order valence-corrected chi connectivity index (χ3v) is 6.96. The Morgan fingerprint density at radius 3 is 2.26 bits per heavy atom. The van der Waals surface area contributed by atoms with Crippen molar-refractivity contribution < 1.29 is 14.0 Å². The van der Waals surface area contributed by atoms with E-state index in [0.29, 0.717) is 11.4 Å². The van der Waals surface area contributed by atoms with Crippen LogP contribution in [-0.2, 0) is 22.6 Å². The maximum absolute atomic E-state index is 13.6. The molecule has 3 aromatic carbocycles. The molecular weight excluding hydrogens is 483 g/mol. The van der Waals surface area contributed by atoms with Gasteiger partial charge in [-0.1, -0.05) is 61.0 Å². The molecule has 2 atom stereocenters. The summed E-state index contributed by atoms with van der Waals surface area (Å²) in [5.41, 5.74) is 1.71. The van der Waals surface area contributed by atoms with Crippen molar-refractivity contribution in [3.63, 3.8) is 0 Å². The SMILES string of the molecule is CCC(C)NC(=O)C(Cc1ccccc1)N(Cc1ccc(F)cc1)C(=O)CSc1ccc(Cl)cc1. The van der Waals surface area contributed by atoms with Crippen molar-refractivity contribution in [3.05, 3.63) is 101 Å². The summed E-state index contributed by atoms with van der Waals surface area (Å²) in [4.78, 5) is 29.5. The molecule has 0 aliphatic carbocycles. The third kappa shape index (κ3) is 8.41. The van der Waals surface area contributed by atoms with Gasteiger partial charge in [-0.15, -0.1) is 11.8 Å². The van der Waals surface area contributed by atoms with Crippen molar-refractivity contribution in [2.45, 2.75) is 50.2 Å². The smallest absolute Gasteiger partial charge is 0.243 e. The number of nitrogens with zero attached hydrogens (tertiary/aromatic N) is 1. The highest BCUT2D eigenvalue weighted by molar-refractivity contribution is 8.00. The van der Waals surface area contributed by atoms with E-state index >= 15 is 0 Å². The summed E-state index contributed by atoms with van der Waals surface area (Å²) in [6, 6.07) is 22.2. The number of hydrogen-bond acceptors (Lipinski definition) is 3. The summed E-state index contributed by atoms with van der Waals surface area (Å²) in [7, 11) is 0. The van der Waals surface area contributed by atoms with Crippen LogP contribution >= 0.6 is 23.4 Å². The van der Waals surface area contributed by atoms with E-state index in [1.807, 2.05) is 56.3 Å². The second kappa shape index (κ2) is 13.3. The van der Waals surface area contributed by atoms with Gasteiger partial charge in [0.15, 0.2) is 0 Å². The Hall–Kier alpha value is -2.83. The van der Waals surface area contributed by atoms with Gasteiger partial charge in [-0.05, 0) is 60.9 Å². The summed E-state index contributed by atoms with van der Waals surface area (Å²) in [5.74, 6) is -0.560. The zero-order valence-corrected chi connectivity index (χ0v) is 21.5. The maximum Gasteiger partial charge on any atom is 0.243 e. The second-order valence-electron chi connectivity index (χ2n) is 8.41. The summed E-state index contributed by atoms with van der Waals surface area (Å²) in [6.07, 6.45) is 1.16. The Morgan fingerprint density at radius 1 is 0.971 bits per heavy atom. The average molecular weight is 513 g/mol. The van der Waals surface area contributed by atoms with Crippen LogP contribution in [-0.4, -0.2) is 34.6 Å². The molecule has 4 nitrogen and oxygen atoms in total. The molecule has 0 aliphatic rings. The number of halogens is 2. The van der Waals surface area contributed by atoms with E-state index in [1.165, 1.54) is 23.9 Å². The van der Waals surface area contributed by atoms with Gasteiger partial charge in [-0.3, -0.25) is 9.59 Å². The first kappa shape index (κ1) is 26.8. The fourth-order valence-corrected chi connectivity index (χ4v) is 4.45. The van der Waals surface area contributed by atoms with Crippen molar-refractivity contribution in [2.75, 3.05) is 5.75 Å². The van der Waals surface area contributed by atoms with Gasteiger partial charge in [-0.25, -0.2) is 4.39 Å². The minimum atomic E-state index is -0.713. The standard InChI is InChI=1S/C28H30ClFN2O2S/c1-3-20(2)31-28(34)26(17-21-7-5-4-6-8-21)32(18-22-9-13-24(30)14-10-22)27(33)19-35-25-15-11-23(29)12-16-25/h4-16,20,26H,3,17-19H2,1-2H3,(H,31,34). The molecule has 35 heavy (non-hydrogen) atoms. The first-order valence-corrected chi connectivity index (χ1v) is 13.0. The van der Waals surface area contributed by atoms with Gasteiger partial charge in [0.05, 0.1) is 5.75 Å². The molecule has 0 saturated carbocycles. The zero-order valence-electron chi connectivity index (χ0n) is 19.9. The normalized spacial score (nSPS) is 12.6. The number of amides is 2. The molecule has 0 aliphatic heterocycles. The van der Waals surface area contributed by atoms with Gasteiger partial charge in [0.1, 0.15) is 11.9 Å². The Morgan fingerprint density at radius 2 is 1.63 bits per heavy atom. The molecule has 3 aromatic rings. The minimum Gasteiger partial charge on any atom is -0.352 e. The highest BCUT2D eigenvalue weighted by atomic mass is 35.5. The van der Waals surface area contributed by atoms with Crippen LogP contribution in [0, 0.1) is 5.82 Å². The molecule has 0 aromatic heterocycles. The molecule has 0 heterocycles. The molecule has 2 unspecified atom stereocenters. The fraction of sp³-hybridized carbons (Fsp3) is 0.286. The van der Waals surface area contributed by atoms with Crippen molar-refractivity contribution in [2.24, 2.45) is 0 Å². The number of carbonyl (C=O) groups is 2. The minimum absolute atomic E-state index is 0.0213. The Balaban J connectivity index is 1.89. The van der Waals surface area contributed by atoms with Crippen LogP contribution in [0.25, 0.3) is 0 Å². The summed E-state index contributed by atoms with van der Waals surface area (Å²) in [6.45, 7) is 4.15. The Bertz CT molecular complexity index is 1090. The predicted octanol–water partition coefficient (Wildman–Crippen LogP) is 6.13. The number of hydrogen-bond donors (Lipinski definition) is 1. The molecular formula is C28H30ClFN2O2S. The van der Waals surface area contributed by atoms with Crippen LogP contribution < -0.4 is 5.32 Å². The molecule has 0 bridgehead atoms. The van der Waals surface area contributed by atoms with Crippen molar-refractivity contribution >= 4 is 35.2 Å². The van der Waals surface area contributed by atoms with E-state index in [2.05, 4.69) is 5.32 Å². The summed E-state index contributed by atoms with van der Waals surface area (Å²) >= 11 is 7.37. The largest absolute Gasteiger partial charge is 0.352 e. The van der Waals surface area contributed by atoms with Gasteiger partial charge >= 0.3 is 0 Å². The lowest BCUT2D eigenvalue weighted by Crippen LogP contribution is -2.52. The molecule has 184 valence electrons.